The number of anilines is 2. The Balaban J connectivity index is 1.45. The number of amides is 4. The molecular weight excluding hydrogens is 390 g/mol. The lowest BCUT2D eigenvalue weighted by atomic mass is 10.2. The summed E-state index contributed by atoms with van der Waals surface area (Å²) in [6.45, 7) is 0.0443. The molecule has 0 spiro atoms. The molecule has 9 nitrogen and oxygen atoms in total. The minimum Gasteiger partial charge on any atom is -0.497 e. The quantitative estimate of drug-likeness (QED) is 0.705. The molecule has 2 aromatic carbocycles. The first-order chi connectivity index (χ1) is 14.5. The number of carbonyl (C=O) groups is 4. The molecule has 1 fully saturated rings. The smallest absolute Gasteiger partial charge is 0.338 e. The van der Waals surface area contributed by atoms with Crippen LogP contribution in [0, 0.1) is 0 Å². The minimum atomic E-state index is -0.770. The van der Waals surface area contributed by atoms with Gasteiger partial charge in [0.1, 0.15) is 5.75 Å². The fourth-order valence-corrected chi connectivity index (χ4v) is 2.91. The standard InChI is InChI=1S/C21H21N3O6/c1-29-17-10-6-15(7-11-17)22-21(28)23-18(25)13-30-20(27)14-4-8-16(9-5-14)24-12-2-3-19(24)26/h4-11H,2-3,12-13H2,1H3,(H2,22,23,25,28). The van der Waals surface area contributed by atoms with E-state index in [2.05, 4.69) is 10.6 Å². The third-order valence-corrected chi connectivity index (χ3v) is 4.42. The van der Waals surface area contributed by atoms with Crippen LogP contribution in [0.25, 0.3) is 0 Å². The molecule has 1 heterocycles. The number of urea groups is 1. The second kappa shape index (κ2) is 9.55. The van der Waals surface area contributed by atoms with Crippen LogP contribution in [-0.2, 0) is 14.3 Å². The maximum atomic E-state index is 12.1. The monoisotopic (exact) mass is 411 g/mol. The number of hydrogen-bond acceptors (Lipinski definition) is 6. The highest BCUT2D eigenvalue weighted by molar-refractivity contribution is 6.02. The molecule has 1 saturated heterocycles. The molecule has 156 valence electrons. The summed E-state index contributed by atoms with van der Waals surface area (Å²) in [5.74, 6) is -0.799. The number of ether oxygens (including phenoxy) is 2. The van der Waals surface area contributed by atoms with E-state index in [0.29, 0.717) is 30.1 Å². The zero-order chi connectivity index (χ0) is 21.5. The van der Waals surface area contributed by atoms with E-state index in [1.807, 2.05) is 0 Å². The molecule has 3 rings (SSSR count). The van der Waals surface area contributed by atoms with Crippen molar-refractivity contribution in [3.8, 4) is 5.75 Å². The van der Waals surface area contributed by atoms with Crippen molar-refractivity contribution in [2.24, 2.45) is 0 Å². The number of nitrogens with zero attached hydrogens (tertiary/aromatic N) is 1. The molecule has 0 aromatic heterocycles. The summed E-state index contributed by atoms with van der Waals surface area (Å²) in [6, 6.07) is 12.2. The van der Waals surface area contributed by atoms with Crippen LogP contribution in [0.2, 0.25) is 0 Å². The second-order valence-corrected chi connectivity index (χ2v) is 6.50. The lowest BCUT2D eigenvalue weighted by Gasteiger charge is -2.15. The van der Waals surface area contributed by atoms with Crippen LogP contribution in [0.15, 0.2) is 48.5 Å². The van der Waals surface area contributed by atoms with Crippen molar-refractivity contribution in [2.75, 3.05) is 30.5 Å². The second-order valence-electron chi connectivity index (χ2n) is 6.50. The Bertz CT molecular complexity index is 940. The van der Waals surface area contributed by atoms with Crippen LogP contribution in [-0.4, -0.2) is 44.1 Å². The summed E-state index contributed by atoms with van der Waals surface area (Å²) in [5, 5.41) is 4.55. The number of imide groups is 1. The molecular formula is C21H21N3O6. The number of hydrogen-bond donors (Lipinski definition) is 2. The molecule has 1 aliphatic heterocycles. The topological polar surface area (TPSA) is 114 Å². The largest absolute Gasteiger partial charge is 0.497 e. The van der Waals surface area contributed by atoms with Crippen LogP contribution < -0.4 is 20.3 Å². The SMILES string of the molecule is COc1ccc(NC(=O)NC(=O)COC(=O)c2ccc(N3CCCC3=O)cc2)cc1. The molecule has 2 N–H and O–H groups in total. The van der Waals surface area contributed by atoms with Gasteiger partial charge in [0.05, 0.1) is 12.7 Å². The van der Waals surface area contributed by atoms with Gasteiger partial charge in [-0.2, -0.15) is 0 Å². The van der Waals surface area contributed by atoms with E-state index in [4.69, 9.17) is 9.47 Å². The first-order valence-electron chi connectivity index (χ1n) is 9.28. The maximum absolute atomic E-state index is 12.1. The van der Waals surface area contributed by atoms with Crippen LogP contribution in [0.5, 0.6) is 5.75 Å². The van der Waals surface area contributed by atoms with E-state index in [0.717, 1.165) is 6.42 Å². The van der Waals surface area contributed by atoms with Crippen molar-refractivity contribution in [2.45, 2.75) is 12.8 Å². The summed E-state index contributed by atoms with van der Waals surface area (Å²) < 4.78 is 9.95. The van der Waals surface area contributed by atoms with Crippen molar-refractivity contribution in [1.29, 1.82) is 0 Å². The van der Waals surface area contributed by atoms with E-state index in [-0.39, 0.29) is 11.5 Å². The van der Waals surface area contributed by atoms with Gasteiger partial charge < -0.3 is 19.7 Å². The summed E-state index contributed by atoms with van der Waals surface area (Å²) >= 11 is 0. The van der Waals surface area contributed by atoms with E-state index in [9.17, 15) is 19.2 Å². The van der Waals surface area contributed by atoms with Crippen LogP contribution in [0.4, 0.5) is 16.2 Å². The Labute approximate surface area is 172 Å². The van der Waals surface area contributed by atoms with Crippen LogP contribution in [0.1, 0.15) is 23.2 Å². The predicted octanol–water partition coefficient (Wildman–Crippen LogP) is 2.33. The first kappa shape index (κ1) is 20.8. The highest BCUT2D eigenvalue weighted by Gasteiger charge is 2.22. The lowest BCUT2D eigenvalue weighted by molar-refractivity contribution is -0.123. The first-order valence-corrected chi connectivity index (χ1v) is 9.28. The fraction of sp³-hybridized carbons (Fsp3) is 0.238. The van der Waals surface area contributed by atoms with Gasteiger partial charge >= 0.3 is 12.0 Å². The van der Waals surface area contributed by atoms with Gasteiger partial charge in [0.2, 0.25) is 5.91 Å². The number of rotatable bonds is 6. The summed E-state index contributed by atoms with van der Waals surface area (Å²) in [6.07, 6.45) is 1.33. The molecule has 0 saturated carbocycles. The van der Waals surface area contributed by atoms with E-state index >= 15 is 0 Å². The molecule has 0 bridgehead atoms. The molecule has 30 heavy (non-hydrogen) atoms. The molecule has 0 aliphatic carbocycles. The zero-order valence-electron chi connectivity index (χ0n) is 16.3. The Hall–Kier alpha value is -3.88. The Morgan fingerprint density at radius 1 is 1.03 bits per heavy atom. The van der Waals surface area contributed by atoms with E-state index in [1.165, 1.54) is 19.2 Å². The van der Waals surface area contributed by atoms with Crippen molar-refractivity contribution in [1.82, 2.24) is 5.32 Å². The number of carbonyl (C=O) groups excluding carboxylic acids is 4. The van der Waals surface area contributed by atoms with Gasteiger partial charge in [-0.1, -0.05) is 0 Å². The lowest BCUT2D eigenvalue weighted by Crippen LogP contribution is -2.37. The average molecular weight is 411 g/mol. The molecule has 9 heteroatoms. The van der Waals surface area contributed by atoms with Crippen molar-refractivity contribution >= 4 is 35.2 Å². The van der Waals surface area contributed by atoms with Gasteiger partial charge in [-0.15, -0.1) is 0 Å². The van der Waals surface area contributed by atoms with Crippen molar-refractivity contribution in [3.05, 3.63) is 54.1 Å². The summed E-state index contributed by atoms with van der Waals surface area (Å²) in [7, 11) is 1.53. The van der Waals surface area contributed by atoms with Crippen molar-refractivity contribution < 1.29 is 28.7 Å². The number of benzene rings is 2. The molecule has 0 radical (unpaired) electrons. The highest BCUT2D eigenvalue weighted by Crippen LogP contribution is 2.21. The summed E-state index contributed by atoms with van der Waals surface area (Å²) in [4.78, 5) is 49.2. The number of methoxy groups -OCH3 is 1. The Morgan fingerprint density at radius 3 is 2.33 bits per heavy atom. The molecule has 4 amide bonds. The van der Waals surface area contributed by atoms with E-state index < -0.39 is 24.5 Å². The Kier molecular flexibility index (Phi) is 6.63. The van der Waals surface area contributed by atoms with E-state index in [1.54, 1.807) is 41.3 Å². The number of nitrogens with one attached hydrogen (secondary N) is 2. The normalized spacial score (nSPS) is 13.0. The average Bonchev–Trinajstić information content (AvgIpc) is 3.18. The highest BCUT2D eigenvalue weighted by atomic mass is 16.5. The molecule has 1 aliphatic rings. The molecule has 2 aromatic rings. The maximum Gasteiger partial charge on any atom is 0.338 e. The third-order valence-electron chi connectivity index (χ3n) is 4.42. The van der Waals surface area contributed by atoms with Gasteiger partial charge in [0.25, 0.3) is 5.91 Å². The van der Waals surface area contributed by atoms with Crippen molar-refractivity contribution in [3.63, 3.8) is 0 Å². The zero-order valence-corrected chi connectivity index (χ0v) is 16.3. The van der Waals surface area contributed by atoms with Crippen LogP contribution >= 0.6 is 0 Å². The molecule has 0 unspecified atom stereocenters. The predicted molar refractivity (Wildman–Crippen MR) is 108 cm³/mol. The van der Waals surface area contributed by atoms with Crippen LogP contribution in [0.3, 0.4) is 0 Å². The van der Waals surface area contributed by atoms with Gasteiger partial charge in [0.15, 0.2) is 6.61 Å². The van der Waals surface area contributed by atoms with Gasteiger partial charge in [-0.3, -0.25) is 14.9 Å². The number of esters is 1. The minimum absolute atomic E-state index is 0.0508. The van der Waals surface area contributed by atoms with Gasteiger partial charge in [-0.05, 0) is 55.0 Å². The fourth-order valence-electron chi connectivity index (χ4n) is 2.91. The third kappa shape index (κ3) is 5.34. The van der Waals surface area contributed by atoms with Gasteiger partial charge in [0, 0.05) is 24.3 Å². The Morgan fingerprint density at radius 2 is 1.73 bits per heavy atom. The van der Waals surface area contributed by atoms with Gasteiger partial charge in [-0.25, -0.2) is 9.59 Å². The molecule has 0 atom stereocenters. The summed E-state index contributed by atoms with van der Waals surface area (Å²) in [5.41, 5.74) is 1.41.